The van der Waals surface area contributed by atoms with Gasteiger partial charge in [0.25, 0.3) is 0 Å². The summed E-state index contributed by atoms with van der Waals surface area (Å²) in [7, 11) is -3.22. The maximum atomic E-state index is 12.7. The highest BCUT2D eigenvalue weighted by Crippen LogP contribution is 2.30. The lowest BCUT2D eigenvalue weighted by molar-refractivity contribution is -0.141. The predicted molar refractivity (Wildman–Crippen MR) is 99.2 cm³/mol. The Morgan fingerprint density at radius 2 is 1.79 bits per heavy atom. The number of rotatable bonds is 5. The summed E-state index contributed by atoms with van der Waals surface area (Å²) in [5, 5.41) is 0. The van der Waals surface area contributed by atoms with Crippen molar-refractivity contribution in [2.45, 2.75) is 23.9 Å². The summed E-state index contributed by atoms with van der Waals surface area (Å²) in [6.45, 7) is 1.90. The van der Waals surface area contributed by atoms with Crippen LogP contribution in [0.4, 0.5) is 18.9 Å². The number of hydrogen-bond donors (Lipinski definition) is 0. The van der Waals surface area contributed by atoms with E-state index >= 15 is 0 Å². The minimum absolute atomic E-state index is 0.168. The Morgan fingerprint density at radius 1 is 1.14 bits per heavy atom. The second-order valence-corrected chi connectivity index (χ2v) is 8.90. The van der Waals surface area contributed by atoms with Crippen molar-refractivity contribution in [2.75, 3.05) is 30.9 Å². The number of alkyl halides is 3. The summed E-state index contributed by atoms with van der Waals surface area (Å²) in [5.41, 5.74) is -0.00641. The van der Waals surface area contributed by atoms with Crippen LogP contribution in [0.1, 0.15) is 18.5 Å². The molecular formula is C19H21F3N2O3S. The molecule has 0 bridgehead atoms. The molecule has 5 nitrogen and oxygen atoms in total. The first kappa shape index (κ1) is 20.4. The Bertz CT molecular complexity index is 907. The monoisotopic (exact) mass is 414 g/mol. The first-order chi connectivity index (χ1) is 13.1. The van der Waals surface area contributed by atoms with Gasteiger partial charge in [0.1, 0.15) is 11.4 Å². The van der Waals surface area contributed by atoms with E-state index in [0.29, 0.717) is 6.61 Å². The third-order valence-corrected chi connectivity index (χ3v) is 5.88. The Balaban J connectivity index is 1.52. The molecule has 1 aliphatic heterocycles. The van der Waals surface area contributed by atoms with Gasteiger partial charge in [-0.05, 0) is 49.1 Å². The van der Waals surface area contributed by atoms with Crippen molar-refractivity contribution in [3.63, 3.8) is 0 Å². The summed E-state index contributed by atoms with van der Waals surface area (Å²) < 4.78 is 66.7. The van der Waals surface area contributed by atoms with Gasteiger partial charge in [-0.2, -0.15) is 13.2 Å². The average Bonchev–Trinajstić information content (AvgIpc) is 2.66. The molecule has 2 aromatic rings. The van der Waals surface area contributed by atoms with E-state index in [9.17, 15) is 21.6 Å². The van der Waals surface area contributed by atoms with Gasteiger partial charge in [-0.15, -0.1) is 0 Å². The number of ether oxygens (including phenoxy) is 1. The van der Waals surface area contributed by atoms with Gasteiger partial charge in [0.15, 0.2) is 9.84 Å². The van der Waals surface area contributed by atoms with Crippen molar-refractivity contribution >= 4 is 15.5 Å². The lowest BCUT2D eigenvalue weighted by Gasteiger charge is -2.33. The van der Waals surface area contributed by atoms with E-state index in [1.165, 1.54) is 12.3 Å². The maximum Gasteiger partial charge on any atom is 0.433 e. The zero-order valence-corrected chi connectivity index (χ0v) is 16.1. The normalized spacial score (nSPS) is 16.2. The quantitative estimate of drug-likeness (QED) is 0.745. The third-order valence-electron chi connectivity index (χ3n) is 4.75. The van der Waals surface area contributed by atoms with E-state index in [0.717, 1.165) is 43.9 Å². The number of hydrogen-bond acceptors (Lipinski definition) is 5. The number of benzene rings is 1. The molecular weight excluding hydrogens is 393 g/mol. The molecule has 9 heteroatoms. The molecule has 1 fully saturated rings. The van der Waals surface area contributed by atoms with Crippen LogP contribution in [0, 0.1) is 5.92 Å². The summed E-state index contributed by atoms with van der Waals surface area (Å²) in [6.07, 6.45) is -0.539. The second kappa shape index (κ2) is 7.98. The molecule has 0 aliphatic carbocycles. The largest absolute Gasteiger partial charge is 0.493 e. The number of nitrogens with zero attached hydrogens (tertiary/aromatic N) is 2. The van der Waals surface area contributed by atoms with Crippen LogP contribution in [-0.4, -0.2) is 39.4 Å². The van der Waals surface area contributed by atoms with Crippen molar-refractivity contribution in [3.05, 3.63) is 48.3 Å². The number of pyridine rings is 1. The molecule has 0 radical (unpaired) electrons. The Morgan fingerprint density at radius 3 is 2.36 bits per heavy atom. The van der Waals surface area contributed by atoms with Crippen LogP contribution in [0.3, 0.4) is 0 Å². The Hall–Kier alpha value is -2.29. The number of anilines is 1. The van der Waals surface area contributed by atoms with Gasteiger partial charge >= 0.3 is 6.18 Å². The summed E-state index contributed by atoms with van der Waals surface area (Å²) in [5.74, 6) is 0.412. The van der Waals surface area contributed by atoms with E-state index in [-0.39, 0.29) is 16.6 Å². The van der Waals surface area contributed by atoms with E-state index in [4.69, 9.17) is 4.74 Å². The van der Waals surface area contributed by atoms with Crippen LogP contribution in [0.2, 0.25) is 0 Å². The molecule has 1 aliphatic rings. The highest BCUT2D eigenvalue weighted by molar-refractivity contribution is 7.90. The fourth-order valence-corrected chi connectivity index (χ4v) is 3.76. The lowest BCUT2D eigenvalue weighted by Crippen LogP contribution is -2.35. The molecule has 0 N–H and O–H groups in total. The molecule has 0 amide bonds. The number of halogens is 3. The van der Waals surface area contributed by atoms with Gasteiger partial charge in [-0.3, -0.25) is 4.98 Å². The third kappa shape index (κ3) is 5.15. The minimum Gasteiger partial charge on any atom is -0.493 e. The van der Waals surface area contributed by atoms with Gasteiger partial charge in [-0.25, -0.2) is 8.42 Å². The lowest BCUT2D eigenvalue weighted by atomic mass is 9.97. The van der Waals surface area contributed by atoms with Crippen molar-refractivity contribution in [1.29, 1.82) is 0 Å². The molecule has 0 unspecified atom stereocenters. The van der Waals surface area contributed by atoms with Gasteiger partial charge < -0.3 is 9.64 Å². The molecule has 1 aromatic heterocycles. The van der Waals surface area contributed by atoms with Gasteiger partial charge in [-0.1, -0.05) is 0 Å². The van der Waals surface area contributed by atoms with E-state index in [1.54, 1.807) is 24.3 Å². The predicted octanol–water partition coefficient (Wildman–Crippen LogP) is 3.80. The molecule has 1 aromatic carbocycles. The zero-order valence-electron chi connectivity index (χ0n) is 15.3. The van der Waals surface area contributed by atoms with Gasteiger partial charge in [0, 0.05) is 37.3 Å². The first-order valence-corrected chi connectivity index (χ1v) is 10.7. The van der Waals surface area contributed by atoms with Crippen molar-refractivity contribution in [2.24, 2.45) is 5.92 Å². The Kier molecular flexibility index (Phi) is 5.83. The van der Waals surface area contributed by atoms with Gasteiger partial charge in [0.2, 0.25) is 0 Å². The second-order valence-electron chi connectivity index (χ2n) is 6.88. The number of piperidine rings is 1. The molecule has 152 valence electrons. The molecule has 28 heavy (non-hydrogen) atoms. The van der Waals surface area contributed by atoms with Crippen LogP contribution < -0.4 is 9.64 Å². The minimum atomic E-state index is -4.49. The molecule has 0 spiro atoms. The summed E-state index contributed by atoms with van der Waals surface area (Å²) in [4.78, 5) is 5.77. The highest BCUT2D eigenvalue weighted by atomic mass is 32.2. The van der Waals surface area contributed by atoms with Crippen LogP contribution in [0.5, 0.6) is 5.75 Å². The van der Waals surface area contributed by atoms with Crippen LogP contribution in [0.25, 0.3) is 0 Å². The smallest absolute Gasteiger partial charge is 0.433 e. The standard InChI is InChI=1S/C19H21F3N2O3S/c1-28(25,26)17-4-2-15(3-5-17)24-10-7-14(8-11-24)13-27-16-6-9-23-18(12-16)19(20,21)22/h2-6,9,12,14H,7-8,10-11,13H2,1H3. The molecule has 1 saturated heterocycles. The zero-order chi connectivity index (χ0) is 20.4. The molecule has 2 heterocycles. The maximum absolute atomic E-state index is 12.7. The van der Waals surface area contributed by atoms with Crippen LogP contribution in [-0.2, 0) is 16.0 Å². The van der Waals surface area contributed by atoms with Gasteiger partial charge in [0.05, 0.1) is 11.5 Å². The molecule has 3 rings (SSSR count). The SMILES string of the molecule is CS(=O)(=O)c1ccc(N2CCC(COc3ccnc(C(F)(F)F)c3)CC2)cc1. The fraction of sp³-hybridized carbons (Fsp3) is 0.421. The molecule has 0 atom stereocenters. The average molecular weight is 414 g/mol. The highest BCUT2D eigenvalue weighted by Gasteiger charge is 2.32. The van der Waals surface area contributed by atoms with Crippen molar-refractivity contribution in [3.8, 4) is 5.75 Å². The van der Waals surface area contributed by atoms with E-state index < -0.39 is 21.7 Å². The van der Waals surface area contributed by atoms with Crippen molar-refractivity contribution < 1.29 is 26.3 Å². The van der Waals surface area contributed by atoms with E-state index in [2.05, 4.69) is 9.88 Å². The number of sulfone groups is 1. The summed E-state index contributed by atoms with van der Waals surface area (Å²) in [6, 6.07) is 9.13. The Labute approximate surface area is 162 Å². The van der Waals surface area contributed by atoms with Crippen molar-refractivity contribution in [1.82, 2.24) is 4.98 Å². The fourth-order valence-electron chi connectivity index (χ4n) is 3.13. The summed E-state index contributed by atoms with van der Waals surface area (Å²) >= 11 is 0. The van der Waals surface area contributed by atoms with Crippen LogP contribution in [0.15, 0.2) is 47.5 Å². The number of aromatic nitrogens is 1. The molecule has 0 saturated carbocycles. The first-order valence-electron chi connectivity index (χ1n) is 8.84. The topological polar surface area (TPSA) is 59.5 Å². The van der Waals surface area contributed by atoms with Crippen LogP contribution >= 0.6 is 0 Å². The van der Waals surface area contributed by atoms with E-state index in [1.807, 2.05) is 0 Å².